The molecule has 1 fully saturated rings. The lowest BCUT2D eigenvalue weighted by molar-refractivity contribution is 0.198. The van der Waals surface area contributed by atoms with E-state index >= 15 is 0 Å². The summed E-state index contributed by atoms with van der Waals surface area (Å²) in [6.07, 6.45) is 11.2. The van der Waals surface area contributed by atoms with Crippen molar-refractivity contribution in [1.29, 1.82) is 0 Å². The van der Waals surface area contributed by atoms with E-state index in [1.807, 2.05) is 0 Å². The van der Waals surface area contributed by atoms with Gasteiger partial charge in [0.1, 0.15) is 0 Å². The molecule has 1 aliphatic rings. The molecule has 0 aromatic rings. The van der Waals surface area contributed by atoms with Gasteiger partial charge in [0.2, 0.25) is 0 Å². The first-order valence-electron chi connectivity index (χ1n) is 8.21. The molecule has 1 atom stereocenters. The molecule has 1 aliphatic heterocycles. The van der Waals surface area contributed by atoms with Crippen LogP contribution in [-0.2, 0) is 0 Å². The molecule has 0 aliphatic carbocycles. The quantitative estimate of drug-likeness (QED) is 0.596. The molecule has 1 N–H and O–H groups in total. The van der Waals surface area contributed by atoms with Crippen LogP contribution in [0.2, 0.25) is 0 Å². The van der Waals surface area contributed by atoms with Gasteiger partial charge in [-0.05, 0) is 46.2 Å². The fourth-order valence-corrected chi connectivity index (χ4v) is 2.85. The van der Waals surface area contributed by atoms with Crippen molar-refractivity contribution in [3.05, 3.63) is 0 Å². The van der Waals surface area contributed by atoms with Gasteiger partial charge in [-0.25, -0.2) is 0 Å². The lowest BCUT2D eigenvalue weighted by Gasteiger charge is -2.29. The second-order valence-corrected chi connectivity index (χ2v) is 6.15. The molecule has 1 rings (SSSR count). The third-order valence-electron chi connectivity index (χ3n) is 4.15. The van der Waals surface area contributed by atoms with E-state index in [-0.39, 0.29) is 0 Å². The first-order valence-corrected chi connectivity index (χ1v) is 8.21. The predicted octanol–water partition coefficient (Wildman–Crippen LogP) is 3.81. The molecule has 2 nitrogen and oxygen atoms in total. The highest BCUT2D eigenvalue weighted by atomic mass is 15.2. The van der Waals surface area contributed by atoms with Gasteiger partial charge in [-0.15, -0.1) is 0 Å². The molecular formula is C16H34N2. The Morgan fingerprint density at radius 1 is 1.11 bits per heavy atom. The predicted molar refractivity (Wildman–Crippen MR) is 81.1 cm³/mol. The van der Waals surface area contributed by atoms with Gasteiger partial charge in [0.15, 0.2) is 0 Å². The van der Waals surface area contributed by atoms with Crippen molar-refractivity contribution in [3.63, 3.8) is 0 Å². The maximum Gasteiger partial charge on any atom is 0.0195 e. The second kappa shape index (κ2) is 9.80. The number of hydrogen-bond donors (Lipinski definition) is 1. The zero-order valence-corrected chi connectivity index (χ0v) is 12.9. The van der Waals surface area contributed by atoms with Gasteiger partial charge in [-0.1, -0.05) is 39.0 Å². The Bertz CT molecular complexity index is 186. The number of unbranched alkanes of at least 4 members (excludes halogenated alkanes) is 5. The van der Waals surface area contributed by atoms with Crippen LogP contribution < -0.4 is 5.32 Å². The minimum absolute atomic E-state index is 0.697. The Morgan fingerprint density at radius 3 is 2.44 bits per heavy atom. The van der Waals surface area contributed by atoms with E-state index in [4.69, 9.17) is 0 Å². The van der Waals surface area contributed by atoms with E-state index in [0.29, 0.717) is 6.04 Å². The van der Waals surface area contributed by atoms with Crippen LogP contribution in [0.15, 0.2) is 0 Å². The average molecular weight is 254 g/mol. The smallest absolute Gasteiger partial charge is 0.0195 e. The zero-order valence-electron chi connectivity index (χ0n) is 12.9. The molecule has 0 radical (unpaired) electrons. The van der Waals surface area contributed by atoms with Crippen LogP contribution in [0.1, 0.15) is 72.1 Å². The molecule has 0 aromatic carbocycles. The molecule has 0 aromatic heterocycles. The number of rotatable bonds is 10. The molecule has 0 bridgehead atoms. The highest BCUT2D eigenvalue weighted by Crippen LogP contribution is 2.11. The number of hydrogen-bond acceptors (Lipinski definition) is 2. The second-order valence-electron chi connectivity index (χ2n) is 6.15. The van der Waals surface area contributed by atoms with Gasteiger partial charge in [0.05, 0.1) is 0 Å². The summed E-state index contributed by atoms with van der Waals surface area (Å²) in [6, 6.07) is 1.45. The van der Waals surface area contributed by atoms with Gasteiger partial charge in [0.25, 0.3) is 0 Å². The monoisotopic (exact) mass is 254 g/mol. The summed E-state index contributed by atoms with van der Waals surface area (Å²) in [5.41, 5.74) is 0. The Labute approximate surface area is 115 Å². The van der Waals surface area contributed by atoms with Crippen molar-refractivity contribution in [2.45, 2.75) is 84.2 Å². The van der Waals surface area contributed by atoms with Crippen LogP contribution in [0.4, 0.5) is 0 Å². The largest absolute Gasteiger partial charge is 0.313 e. The fourth-order valence-electron chi connectivity index (χ4n) is 2.85. The average Bonchev–Trinajstić information content (AvgIpc) is 2.84. The van der Waals surface area contributed by atoms with E-state index in [2.05, 4.69) is 31.0 Å². The Hall–Kier alpha value is -0.0800. The highest BCUT2D eigenvalue weighted by molar-refractivity contribution is 4.79. The fraction of sp³-hybridized carbons (Fsp3) is 1.00. The normalized spacial score (nSPS) is 20.2. The van der Waals surface area contributed by atoms with Crippen molar-refractivity contribution >= 4 is 0 Å². The van der Waals surface area contributed by atoms with Gasteiger partial charge in [-0.2, -0.15) is 0 Å². The molecule has 1 unspecified atom stereocenters. The maximum atomic E-state index is 3.62. The number of nitrogens with one attached hydrogen (secondary N) is 1. The molecule has 1 heterocycles. The minimum atomic E-state index is 0.697. The maximum absolute atomic E-state index is 3.62. The molecule has 0 amide bonds. The summed E-state index contributed by atoms with van der Waals surface area (Å²) in [4.78, 5) is 2.67. The summed E-state index contributed by atoms with van der Waals surface area (Å²) in [5.74, 6) is 0. The van der Waals surface area contributed by atoms with Crippen LogP contribution in [0.5, 0.6) is 0 Å². The van der Waals surface area contributed by atoms with Crippen LogP contribution in [0.25, 0.3) is 0 Å². The summed E-state index contributed by atoms with van der Waals surface area (Å²) in [5, 5.41) is 3.62. The Morgan fingerprint density at radius 2 is 1.83 bits per heavy atom. The molecule has 0 spiro atoms. The Kier molecular flexibility index (Phi) is 8.70. The molecule has 18 heavy (non-hydrogen) atoms. The van der Waals surface area contributed by atoms with Crippen LogP contribution in [0.3, 0.4) is 0 Å². The van der Waals surface area contributed by atoms with Crippen molar-refractivity contribution < 1.29 is 0 Å². The summed E-state index contributed by atoms with van der Waals surface area (Å²) in [7, 11) is 0. The highest BCUT2D eigenvalue weighted by Gasteiger charge is 2.19. The van der Waals surface area contributed by atoms with E-state index in [1.165, 1.54) is 71.0 Å². The molecule has 2 heteroatoms. The third kappa shape index (κ3) is 6.75. The van der Waals surface area contributed by atoms with E-state index < -0.39 is 0 Å². The van der Waals surface area contributed by atoms with E-state index in [1.54, 1.807) is 0 Å². The zero-order chi connectivity index (χ0) is 13.2. The molecule has 1 saturated heterocycles. The van der Waals surface area contributed by atoms with E-state index in [0.717, 1.165) is 6.04 Å². The van der Waals surface area contributed by atoms with Crippen LogP contribution in [0, 0.1) is 0 Å². The summed E-state index contributed by atoms with van der Waals surface area (Å²) < 4.78 is 0. The molecule has 0 saturated carbocycles. The van der Waals surface area contributed by atoms with Gasteiger partial charge < -0.3 is 5.32 Å². The van der Waals surface area contributed by atoms with Gasteiger partial charge in [-0.3, -0.25) is 4.90 Å². The topological polar surface area (TPSA) is 15.3 Å². The van der Waals surface area contributed by atoms with Crippen molar-refractivity contribution in [2.24, 2.45) is 0 Å². The van der Waals surface area contributed by atoms with Crippen molar-refractivity contribution in [1.82, 2.24) is 10.2 Å². The molecular weight excluding hydrogens is 220 g/mol. The molecule has 108 valence electrons. The van der Waals surface area contributed by atoms with Gasteiger partial charge in [0, 0.05) is 18.6 Å². The summed E-state index contributed by atoms with van der Waals surface area (Å²) >= 11 is 0. The number of nitrogens with zero attached hydrogens (tertiary/aromatic N) is 1. The standard InChI is InChI=1S/C16H34N2/c1-4-5-6-7-8-9-13-18(15(2)3)14-16-11-10-12-17-16/h15-17H,4-14H2,1-3H3. The first kappa shape index (κ1) is 16.0. The van der Waals surface area contributed by atoms with Crippen molar-refractivity contribution in [2.75, 3.05) is 19.6 Å². The Balaban J connectivity index is 2.09. The third-order valence-corrected chi connectivity index (χ3v) is 4.15. The van der Waals surface area contributed by atoms with E-state index in [9.17, 15) is 0 Å². The lowest BCUT2D eigenvalue weighted by Crippen LogP contribution is -2.41. The lowest BCUT2D eigenvalue weighted by atomic mass is 10.1. The van der Waals surface area contributed by atoms with Crippen molar-refractivity contribution in [3.8, 4) is 0 Å². The van der Waals surface area contributed by atoms with Gasteiger partial charge >= 0.3 is 0 Å². The SMILES string of the molecule is CCCCCCCCN(CC1CCCN1)C(C)C. The van der Waals surface area contributed by atoms with Crippen LogP contribution in [-0.4, -0.2) is 36.6 Å². The van der Waals surface area contributed by atoms with Crippen LogP contribution >= 0.6 is 0 Å². The summed E-state index contributed by atoms with van der Waals surface area (Å²) in [6.45, 7) is 10.7. The minimum Gasteiger partial charge on any atom is -0.313 e. The first-order chi connectivity index (χ1) is 8.74.